The summed E-state index contributed by atoms with van der Waals surface area (Å²) < 4.78 is 5.54. The fourth-order valence-corrected chi connectivity index (χ4v) is 2.45. The van der Waals surface area contributed by atoms with Crippen molar-refractivity contribution in [1.82, 2.24) is 5.32 Å². The first kappa shape index (κ1) is 14.0. The molecule has 0 saturated carbocycles. The van der Waals surface area contributed by atoms with Gasteiger partial charge >= 0.3 is 0 Å². The summed E-state index contributed by atoms with van der Waals surface area (Å²) in [6.45, 7) is 5.02. The second-order valence-corrected chi connectivity index (χ2v) is 5.37. The quantitative estimate of drug-likeness (QED) is 0.862. The Hall–Kier alpha value is -1.39. The van der Waals surface area contributed by atoms with E-state index in [9.17, 15) is 4.79 Å². The van der Waals surface area contributed by atoms with Gasteiger partial charge in [-0.1, -0.05) is 30.3 Å². The molecule has 1 aliphatic heterocycles. The molecule has 1 aromatic rings. The monoisotopic (exact) mass is 262 g/mol. The van der Waals surface area contributed by atoms with Crippen LogP contribution in [0.4, 0.5) is 0 Å². The average Bonchev–Trinajstić information content (AvgIpc) is 2.71. The van der Waals surface area contributed by atoms with Crippen molar-refractivity contribution in [1.29, 1.82) is 0 Å². The third kappa shape index (κ3) is 2.96. The van der Waals surface area contributed by atoms with E-state index in [1.54, 1.807) is 0 Å². The molecule has 3 unspecified atom stereocenters. The average molecular weight is 262 g/mol. The Morgan fingerprint density at radius 3 is 2.74 bits per heavy atom. The summed E-state index contributed by atoms with van der Waals surface area (Å²) in [5.41, 5.74) is 6.43. The number of nitrogens with one attached hydrogen (secondary N) is 1. The van der Waals surface area contributed by atoms with Gasteiger partial charge in [0, 0.05) is 13.2 Å². The van der Waals surface area contributed by atoms with Gasteiger partial charge in [-0.3, -0.25) is 4.79 Å². The van der Waals surface area contributed by atoms with Crippen molar-refractivity contribution in [3.63, 3.8) is 0 Å². The second kappa shape index (κ2) is 5.72. The summed E-state index contributed by atoms with van der Waals surface area (Å²) >= 11 is 0. The molecule has 104 valence electrons. The molecule has 1 aliphatic rings. The van der Waals surface area contributed by atoms with Gasteiger partial charge in [-0.05, 0) is 25.8 Å². The molecule has 0 bridgehead atoms. The summed E-state index contributed by atoms with van der Waals surface area (Å²) in [4.78, 5) is 12.4. The van der Waals surface area contributed by atoms with Crippen molar-refractivity contribution in [3.8, 4) is 0 Å². The predicted molar refractivity (Wildman–Crippen MR) is 74.8 cm³/mol. The van der Waals surface area contributed by atoms with Gasteiger partial charge in [0.2, 0.25) is 5.91 Å². The molecule has 1 heterocycles. The first-order valence-corrected chi connectivity index (χ1v) is 6.75. The lowest BCUT2D eigenvalue weighted by atomic mass is 9.91. The highest BCUT2D eigenvalue weighted by molar-refractivity contribution is 5.84. The van der Waals surface area contributed by atoms with Crippen LogP contribution in [-0.2, 0) is 9.53 Å². The zero-order valence-corrected chi connectivity index (χ0v) is 11.6. The number of hydrogen-bond acceptors (Lipinski definition) is 3. The minimum Gasteiger partial charge on any atom is -0.376 e. The first-order chi connectivity index (χ1) is 9.07. The van der Waals surface area contributed by atoms with Crippen LogP contribution in [0.1, 0.15) is 31.7 Å². The predicted octanol–water partition coefficient (Wildman–Crippen LogP) is 1.41. The summed E-state index contributed by atoms with van der Waals surface area (Å²) in [5, 5.41) is 3.11. The van der Waals surface area contributed by atoms with Crippen molar-refractivity contribution in [3.05, 3.63) is 35.9 Å². The minimum absolute atomic E-state index is 0.0199. The maximum atomic E-state index is 12.4. The van der Waals surface area contributed by atoms with Crippen LogP contribution < -0.4 is 11.1 Å². The van der Waals surface area contributed by atoms with Gasteiger partial charge < -0.3 is 15.8 Å². The Balaban J connectivity index is 2.10. The van der Waals surface area contributed by atoms with E-state index in [2.05, 4.69) is 5.32 Å². The topological polar surface area (TPSA) is 64.3 Å². The normalized spacial score (nSPS) is 28.1. The number of benzene rings is 1. The van der Waals surface area contributed by atoms with E-state index in [4.69, 9.17) is 10.5 Å². The number of rotatable bonds is 4. The van der Waals surface area contributed by atoms with Gasteiger partial charge in [-0.25, -0.2) is 0 Å². The third-order valence-electron chi connectivity index (χ3n) is 4.05. The number of carbonyl (C=O) groups excluding carboxylic acids is 1. The standard InChI is InChI=1S/C15H22N2O2/c1-11-15(2,8-9-19-11)17-14(18)13(10-16)12-6-4-3-5-7-12/h3-7,11,13H,8-10,16H2,1-2H3,(H,17,18). The summed E-state index contributed by atoms with van der Waals surface area (Å²) in [7, 11) is 0. The Kier molecular flexibility index (Phi) is 4.22. The van der Waals surface area contributed by atoms with Crippen LogP contribution in [0.2, 0.25) is 0 Å². The SMILES string of the molecule is CC1OCCC1(C)NC(=O)C(CN)c1ccccc1. The Bertz CT molecular complexity index is 435. The van der Waals surface area contributed by atoms with E-state index >= 15 is 0 Å². The van der Waals surface area contributed by atoms with Crippen LogP contribution in [0.25, 0.3) is 0 Å². The number of ether oxygens (including phenoxy) is 1. The highest BCUT2D eigenvalue weighted by Crippen LogP contribution is 2.26. The van der Waals surface area contributed by atoms with Crippen molar-refractivity contribution in [2.75, 3.05) is 13.2 Å². The third-order valence-corrected chi connectivity index (χ3v) is 4.05. The summed E-state index contributed by atoms with van der Waals surface area (Å²) in [5.74, 6) is -0.320. The first-order valence-electron chi connectivity index (χ1n) is 6.75. The molecule has 19 heavy (non-hydrogen) atoms. The molecule has 3 atom stereocenters. The number of carbonyl (C=O) groups is 1. The van der Waals surface area contributed by atoms with E-state index < -0.39 is 0 Å². The van der Waals surface area contributed by atoms with Gasteiger partial charge in [0.25, 0.3) is 0 Å². The van der Waals surface area contributed by atoms with Crippen molar-refractivity contribution in [2.24, 2.45) is 5.73 Å². The van der Waals surface area contributed by atoms with E-state index in [0.29, 0.717) is 13.2 Å². The molecule has 0 aromatic heterocycles. The Labute approximate surface area is 114 Å². The van der Waals surface area contributed by atoms with Gasteiger partial charge in [-0.15, -0.1) is 0 Å². The fraction of sp³-hybridized carbons (Fsp3) is 0.533. The maximum Gasteiger partial charge on any atom is 0.229 e. The molecule has 0 spiro atoms. The lowest BCUT2D eigenvalue weighted by molar-refractivity contribution is -0.124. The molecule has 0 aliphatic carbocycles. The van der Waals surface area contributed by atoms with Crippen LogP contribution in [0, 0.1) is 0 Å². The van der Waals surface area contributed by atoms with Crippen LogP contribution in [-0.4, -0.2) is 30.7 Å². The van der Waals surface area contributed by atoms with Gasteiger partial charge in [-0.2, -0.15) is 0 Å². The molecule has 1 fully saturated rings. The molecule has 4 nitrogen and oxygen atoms in total. The smallest absolute Gasteiger partial charge is 0.229 e. The maximum absolute atomic E-state index is 12.4. The van der Waals surface area contributed by atoms with E-state index in [1.165, 1.54) is 0 Å². The molecule has 1 saturated heterocycles. The number of hydrogen-bond donors (Lipinski definition) is 2. The summed E-state index contributed by atoms with van der Waals surface area (Å²) in [6, 6.07) is 9.66. The second-order valence-electron chi connectivity index (χ2n) is 5.37. The van der Waals surface area contributed by atoms with E-state index in [1.807, 2.05) is 44.2 Å². The molecular weight excluding hydrogens is 240 g/mol. The largest absolute Gasteiger partial charge is 0.376 e. The zero-order chi connectivity index (χ0) is 13.9. The van der Waals surface area contributed by atoms with Crippen LogP contribution in [0.15, 0.2) is 30.3 Å². The van der Waals surface area contributed by atoms with Crippen molar-refractivity contribution >= 4 is 5.91 Å². The zero-order valence-electron chi connectivity index (χ0n) is 11.6. The minimum atomic E-state index is -0.300. The molecular formula is C15H22N2O2. The van der Waals surface area contributed by atoms with Gasteiger partial charge in [0.15, 0.2) is 0 Å². The number of amides is 1. The van der Waals surface area contributed by atoms with E-state index in [-0.39, 0.29) is 23.5 Å². The van der Waals surface area contributed by atoms with Crippen molar-refractivity contribution < 1.29 is 9.53 Å². The summed E-state index contributed by atoms with van der Waals surface area (Å²) in [6.07, 6.45) is 0.872. The van der Waals surface area contributed by atoms with Gasteiger partial charge in [0.1, 0.15) is 0 Å². The van der Waals surface area contributed by atoms with Crippen LogP contribution >= 0.6 is 0 Å². The van der Waals surface area contributed by atoms with Crippen molar-refractivity contribution in [2.45, 2.75) is 37.8 Å². The lowest BCUT2D eigenvalue weighted by Gasteiger charge is -2.30. The fourth-order valence-electron chi connectivity index (χ4n) is 2.45. The highest BCUT2D eigenvalue weighted by atomic mass is 16.5. The Morgan fingerprint density at radius 2 is 2.21 bits per heavy atom. The van der Waals surface area contributed by atoms with Crippen LogP contribution in [0.3, 0.4) is 0 Å². The molecule has 4 heteroatoms. The van der Waals surface area contributed by atoms with Crippen LogP contribution in [0.5, 0.6) is 0 Å². The molecule has 2 rings (SSSR count). The molecule has 0 radical (unpaired) electrons. The molecule has 3 N–H and O–H groups in total. The van der Waals surface area contributed by atoms with E-state index in [0.717, 1.165) is 12.0 Å². The molecule has 1 aromatic carbocycles. The lowest BCUT2D eigenvalue weighted by Crippen LogP contribution is -2.52. The highest BCUT2D eigenvalue weighted by Gasteiger charge is 2.39. The Morgan fingerprint density at radius 1 is 1.53 bits per heavy atom. The number of nitrogens with two attached hydrogens (primary N) is 1. The molecule has 1 amide bonds. The van der Waals surface area contributed by atoms with Gasteiger partial charge in [0.05, 0.1) is 17.6 Å².